The van der Waals surface area contributed by atoms with Crippen LogP contribution in [-0.4, -0.2) is 48.3 Å². The van der Waals surface area contributed by atoms with Crippen LogP contribution >= 0.6 is 0 Å². The van der Waals surface area contributed by atoms with E-state index in [2.05, 4.69) is 10.2 Å². The fourth-order valence-corrected chi connectivity index (χ4v) is 3.16. The van der Waals surface area contributed by atoms with Crippen molar-refractivity contribution >= 4 is 0 Å². The summed E-state index contributed by atoms with van der Waals surface area (Å²) in [5.74, 6) is 0. The van der Waals surface area contributed by atoms with E-state index in [1.54, 1.807) is 0 Å². The van der Waals surface area contributed by atoms with Crippen molar-refractivity contribution in [3.8, 4) is 0 Å². The van der Waals surface area contributed by atoms with Gasteiger partial charge in [-0.1, -0.05) is 12.8 Å². The molecule has 1 saturated carbocycles. The molecular weight excluding hydrogens is 200 g/mol. The van der Waals surface area contributed by atoms with Gasteiger partial charge in [-0.15, -0.1) is 0 Å². The summed E-state index contributed by atoms with van der Waals surface area (Å²) in [6.45, 7) is 3.82. The molecule has 16 heavy (non-hydrogen) atoms. The highest BCUT2D eigenvalue weighted by Gasteiger charge is 2.27. The van der Waals surface area contributed by atoms with Gasteiger partial charge < -0.3 is 10.4 Å². The van der Waals surface area contributed by atoms with Crippen molar-refractivity contribution in [2.24, 2.45) is 0 Å². The van der Waals surface area contributed by atoms with Gasteiger partial charge in [-0.25, -0.2) is 0 Å². The largest absolute Gasteiger partial charge is 0.396 e. The SMILES string of the molecule is OCCCNC1CCCN(C2CCCC2)C1. The lowest BCUT2D eigenvalue weighted by molar-refractivity contribution is 0.137. The van der Waals surface area contributed by atoms with Crippen molar-refractivity contribution in [3.63, 3.8) is 0 Å². The second-order valence-electron chi connectivity index (χ2n) is 5.30. The zero-order chi connectivity index (χ0) is 11.2. The molecule has 0 spiro atoms. The minimum absolute atomic E-state index is 0.312. The van der Waals surface area contributed by atoms with Crippen LogP contribution in [0.1, 0.15) is 44.9 Å². The van der Waals surface area contributed by atoms with E-state index in [9.17, 15) is 0 Å². The van der Waals surface area contributed by atoms with Gasteiger partial charge in [0.15, 0.2) is 0 Å². The molecule has 2 fully saturated rings. The minimum atomic E-state index is 0.312. The number of aliphatic hydroxyl groups is 1. The fourth-order valence-electron chi connectivity index (χ4n) is 3.16. The number of aliphatic hydroxyl groups excluding tert-OH is 1. The van der Waals surface area contributed by atoms with Gasteiger partial charge in [-0.2, -0.15) is 0 Å². The van der Waals surface area contributed by atoms with Crippen LogP contribution in [0.2, 0.25) is 0 Å². The van der Waals surface area contributed by atoms with Crippen LogP contribution in [0.15, 0.2) is 0 Å². The standard InChI is InChI=1S/C13H26N2O/c16-10-4-8-14-12-5-3-9-15(11-12)13-6-1-2-7-13/h12-14,16H,1-11H2. The molecule has 1 unspecified atom stereocenters. The number of likely N-dealkylation sites (tertiary alicyclic amines) is 1. The summed E-state index contributed by atoms with van der Waals surface area (Å²) in [6, 6.07) is 1.54. The van der Waals surface area contributed by atoms with Gasteiger partial charge in [0.1, 0.15) is 0 Å². The predicted octanol–water partition coefficient (Wildman–Crippen LogP) is 1.37. The van der Waals surface area contributed by atoms with E-state index in [1.165, 1.54) is 51.6 Å². The first-order valence-corrected chi connectivity index (χ1v) is 6.98. The summed E-state index contributed by atoms with van der Waals surface area (Å²) in [5, 5.41) is 12.3. The highest BCUT2D eigenvalue weighted by molar-refractivity contribution is 4.85. The van der Waals surface area contributed by atoms with Crippen LogP contribution in [0.3, 0.4) is 0 Å². The van der Waals surface area contributed by atoms with Crippen LogP contribution in [0.4, 0.5) is 0 Å². The van der Waals surface area contributed by atoms with Gasteiger partial charge in [-0.3, -0.25) is 4.90 Å². The van der Waals surface area contributed by atoms with Gasteiger partial charge in [0.2, 0.25) is 0 Å². The molecule has 0 aromatic heterocycles. The summed E-state index contributed by atoms with van der Waals surface area (Å²) < 4.78 is 0. The van der Waals surface area contributed by atoms with E-state index in [0.717, 1.165) is 19.0 Å². The number of hydrogen-bond acceptors (Lipinski definition) is 3. The summed E-state index contributed by atoms with van der Waals surface area (Å²) in [4.78, 5) is 2.70. The Morgan fingerprint density at radius 1 is 1.12 bits per heavy atom. The number of nitrogens with zero attached hydrogens (tertiary/aromatic N) is 1. The lowest BCUT2D eigenvalue weighted by atomic mass is 10.0. The third kappa shape index (κ3) is 3.44. The quantitative estimate of drug-likeness (QED) is 0.695. The Balaban J connectivity index is 1.70. The topological polar surface area (TPSA) is 35.5 Å². The summed E-state index contributed by atoms with van der Waals surface area (Å²) in [5.41, 5.74) is 0. The third-order valence-electron chi connectivity index (χ3n) is 4.06. The first-order chi connectivity index (χ1) is 7.90. The zero-order valence-electron chi connectivity index (χ0n) is 10.3. The molecule has 94 valence electrons. The summed E-state index contributed by atoms with van der Waals surface area (Å²) in [7, 11) is 0. The molecule has 2 rings (SSSR count). The van der Waals surface area contributed by atoms with Crippen molar-refractivity contribution < 1.29 is 5.11 Å². The molecule has 3 nitrogen and oxygen atoms in total. The number of nitrogens with one attached hydrogen (secondary N) is 1. The van der Waals surface area contributed by atoms with Crippen LogP contribution in [0, 0.1) is 0 Å². The number of rotatable bonds is 5. The Morgan fingerprint density at radius 2 is 1.94 bits per heavy atom. The molecule has 2 N–H and O–H groups in total. The van der Waals surface area contributed by atoms with Crippen LogP contribution in [0.25, 0.3) is 0 Å². The maximum Gasteiger partial charge on any atom is 0.0443 e. The zero-order valence-corrected chi connectivity index (χ0v) is 10.3. The smallest absolute Gasteiger partial charge is 0.0443 e. The third-order valence-corrected chi connectivity index (χ3v) is 4.06. The van der Waals surface area contributed by atoms with Crippen LogP contribution < -0.4 is 5.32 Å². The van der Waals surface area contributed by atoms with Gasteiger partial charge in [0.25, 0.3) is 0 Å². The fraction of sp³-hybridized carbons (Fsp3) is 1.00. The van der Waals surface area contributed by atoms with Crippen molar-refractivity contribution in [1.29, 1.82) is 0 Å². The average molecular weight is 226 g/mol. The van der Waals surface area contributed by atoms with Crippen LogP contribution in [-0.2, 0) is 0 Å². The first kappa shape index (κ1) is 12.3. The molecule has 1 heterocycles. The Labute approximate surface area is 99.2 Å². The minimum Gasteiger partial charge on any atom is -0.396 e. The van der Waals surface area contributed by atoms with E-state index in [1.807, 2.05) is 0 Å². The second kappa shape index (κ2) is 6.58. The maximum absolute atomic E-state index is 8.77. The molecule has 2 aliphatic rings. The molecule has 0 radical (unpaired) electrons. The number of hydrogen-bond donors (Lipinski definition) is 2. The Morgan fingerprint density at radius 3 is 2.69 bits per heavy atom. The lowest BCUT2D eigenvalue weighted by Crippen LogP contribution is -2.49. The Bertz CT molecular complexity index is 192. The average Bonchev–Trinajstić information content (AvgIpc) is 2.83. The van der Waals surface area contributed by atoms with Crippen molar-refractivity contribution in [2.45, 2.75) is 57.0 Å². The predicted molar refractivity (Wildman–Crippen MR) is 66.6 cm³/mol. The highest BCUT2D eigenvalue weighted by atomic mass is 16.3. The van der Waals surface area contributed by atoms with Gasteiger partial charge in [-0.05, 0) is 45.2 Å². The molecule has 0 aromatic rings. The Hall–Kier alpha value is -0.120. The monoisotopic (exact) mass is 226 g/mol. The molecule has 0 aromatic carbocycles. The molecular formula is C13H26N2O. The van der Waals surface area contributed by atoms with E-state index in [-0.39, 0.29) is 0 Å². The van der Waals surface area contributed by atoms with E-state index < -0.39 is 0 Å². The normalized spacial score (nSPS) is 28.7. The number of piperidine rings is 1. The highest BCUT2D eigenvalue weighted by Crippen LogP contribution is 2.26. The van der Waals surface area contributed by atoms with E-state index in [4.69, 9.17) is 5.11 Å². The molecule has 1 atom stereocenters. The maximum atomic E-state index is 8.77. The molecule has 0 amide bonds. The van der Waals surface area contributed by atoms with E-state index >= 15 is 0 Å². The molecule has 1 aliphatic heterocycles. The second-order valence-corrected chi connectivity index (χ2v) is 5.30. The Kier molecular flexibility index (Phi) is 5.07. The molecule has 1 aliphatic carbocycles. The lowest BCUT2D eigenvalue weighted by Gasteiger charge is -2.37. The van der Waals surface area contributed by atoms with Gasteiger partial charge in [0.05, 0.1) is 0 Å². The summed E-state index contributed by atoms with van der Waals surface area (Å²) >= 11 is 0. The molecule has 1 saturated heterocycles. The van der Waals surface area contributed by atoms with E-state index in [0.29, 0.717) is 12.6 Å². The van der Waals surface area contributed by atoms with Gasteiger partial charge in [0, 0.05) is 25.2 Å². The van der Waals surface area contributed by atoms with Crippen molar-refractivity contribution in [1.82, 2.24) is 10.2 Å². The molecule has 0 bridgehead atoms. The summed E-state index contributed by atoms with van der Waals surface area (Å²) in [6.07, 6.45) is 9.25. The van der Waals surface area contributed by atoms with Crippen molar-refractivity contribution in [2.75, 3.05) is 26.2 Å². The first-order valence-electron chi connectivity index (χ1n) is 6.98. The van der Waals surface area contributed by atoms with Crippen molar-refractivity contribution in [3.05, 3.63) is 0 Å². The molecule has 3 heteroatoms. The van der Waals surface area contributed by atoms with Crippen LogP contribution in [0.5, 0.6) is 0 Å². The van der Waals surface area contributed by atoms with Gasteiger partial charge >= 0.3 is 0 Å².